The maximum absolute atomic E-state index is 11.9. The smallest absolute Gasteiger partial charge is 0.267 e. The summed E-state index contributed by atoms with van der Waals surface area (Å²) in [6, 6.07) is 11.0. The van der Waals surface area contributed by atoms with E-state index in [1.54, 1.807) is 12.1 Å². The van der Waals surface area contributed by atoms with E-state index in [4.69, 9.17) is 11.6 Å². The molecule has 7 heteroatoms. The quantitative estimate of drug-likeness (QED) is 0.787. The van der Waals surface area contributed by atoms with Gasteiger partial charge in [-0.15, -0.1) is 21.5 Å². The first kappa shape index (κ1) is 13.2. The molecule has 0 aliphatic carbocycles. The summed E-state index contributed by atoms with van der Waals surface area (Å²) in [4.78, 5) is 12.5. The largest absolute Gasteiger partial charge is 0.296 e. The molecular formula is C13H8ClN3OS2. The Labute approximate surface area is 128 Å². The van der Waals surface area contributed by atoms with Gasteiger partial charge in [0.1, 0.15) is 0 Å². The van der Waals surface area contributed by atoms with Crippen LogP contribution in [0.15, 0.2) is 41.8 Å². The number of halogens is 1. The van der Waals surface area contributed by atoms with Crippen LogP contribution in [0.1, 0.15) is 9.67 Å². The number of carbonyl (C=O) groups is 1. The second-order valence-corrected chi connectivity index (χ2v) is 6.16. The summed E-state index contributed by atoms with van der Waals surface area (Å²) < 4.78 is 0. The average Bonchev–Trinajstić information content (AvgIpc) is 3.10. The Kier molecular flexibility index (Phi) is 3.77. The molecule has 100 valence electrons. The molecule has 3 aromatic rings. The van der Waals surface area contributed by atoms with Crippen LogP contribution in [-0.4, -0.2) is 16.1 Å². The van der Waals surface area contributed by atoms with Gasteiger partial charge in [-0.25, -0.2) is 0 Å². The summed E-state index contributed by atoms with van der Waals surface area (Å²) in [5, 5.41) is 14.3. The van der Waals surface area contributed by atoms with Gasteiger partial charge < -0.3 is 0 Å². The van der Waals surface area contributed by atoms with Crippen LogP contribution in [0.25, 0.3) is 10.6 Å². The zero-order valence-corrected chi connectivity index (χ0v) is 12.4. The third-order valence-corrected chi connectivity index (χ3v) is 4.56. The van der Waals surface area contributed by atoms with E-state index in [1.807, 2.05) is 29.6 Å². The number of aromatic nitrogens is 2. The third kappa shape index (κ3) is 2.72. The fraction of sp³-hybridized carbons (Fsp3) is 0. The predicted molar refractivity (Wildman–Crippen MR) is 82.6 cm³/mol. The van der Waals surface area contributed by atoms with Crippen LogP contribution in [-0.2, 0) is 0 Å². The fourth-order valence-electron chi connectivity index (χ4n) is 1.58. The molecule has 2 aromatic heterocycles. The van der Waals surface area contributed by atoms with E-state index >= 15 is 0 Å². The zero-order valence-electron chi connectivity index (χ0n) is 10.0. The second-order valence-electron chi connectivity index (χ2n) is 3.82. The van der Waals surface area contributed by atoms with Crippen molar-refractivity contribution in [3.05, 3.63) is 51.7 Å². The minimum Gasteiger partial charge on any atom is -0.296 e. The first-order chi connectivity index (χ1) is 9.74. The molecule has 0 bridgehead atoms. The molecule has 0 saturated heterocycles. The van der Waals surface area contributed by atoms with Crippen LogP contribution in [0.2, 0.25) is 5.02 Å². The number of hydrogen-bond donors (Lipinski definition) is 1. The molecule has 1 aromatic carbocycles. The monoisotopic (exact) mass is 321 g/mol. The van der Waals surface area contributed by atoms with Gasteiger partial charge in [-0.1, -0.05) is 47.2 Å². The molecule has 2 heterocycles. The van der Waals surface area contributed by atoms with Crippen LogP contribution >= 0.6 is 34.3 Å². The molecule has 0 spiro atoms. The number of hydrogen-bond acceptors (Lipinski definition) is 5. The normalized spacial score (nSPS) is 10.4. The molecule has 0 saturated carbocycles. The summed E-state index contributed by atoms with van der Waals surface area (Å²) >= 11 is 8.78. The van der Waals surface area contributed by atoms with E-state index < -0.39 is 0 Å². The summed E-state index contributed by atoms with van der Waals surface area (Å²) in [7, 11) is 0. The first-order valence-electron chi connectivity index (χ1n) is 5.67. The number of anilines is 1. The minimum absolute atomic E-state index is 0.179. The minimum atomic E-state index is -0.179. The lowest BCUT2D eigenvalue weighted by Crippen LogP contribution is -2.09. The summed E-state index contributed by atoms with van der Waals surface area (Å²) in [5.41, 5.74) is 0.809. The summed E-state index contributed by atoms with van der Waals surface area (Å²) in [5.74, 6) is -0.179. The molecule has 1 amide bonds. The van der Waals surface area contributed by atoms with Gasteiger partial charge in [-0.2, -0.15) is 0 Å². The van der Waals surface area contributed by atoms with Crippen LogP contribution in [0.5, 0.6) is 0 Å². The van der Waals surface area contributed by atoms with Crippen molar-refractivity contribution >= 4 is 45.3 Å². The Morgan fingerprint density at radius 2 is 2.00 bits per heavy atom. The second kappa shape index (κ2) is 5.70. The zero-order chi connectivity index (χ0) is 13.9. The maximum atomic E-state index is 11.9. The first-order valence-corrected chi connectivity index (χ1v) is 7.75. The van der Waals surface area contributed by atoms with Gasteiger partial charge in [0.25, 0.3) is 5.91 Å². The molecular weight excluding hydrogens is 314 g/mol. The van der Waals surface area contributed by atoms with Crippen molar-refractivity contribution in [1.29, 1.82) is 0 Å². The molecule has 4 nitrogen and oxygen atoms in total. The molecule has 3 rings (SSSR count). The van der Waals surface area contributed by atoms with Crippen molar-refractivity contribution in [3.63, 3.8) is 0 Å². The Hall–Kier alpha value is -1.76. The number of thiophene rings is 1. The Bertz CT molecular complexity index is 740. The number of nitrogens with zero attached hydrogens (tertiary/aromatic N) is 2. The lowest BCUT2D eigenvalue weighted by Gasteiger charge is -1.98. The van der Waals surface area contributed by atoms with E-state index in [-0.39, 0.29) is 5.91 Å². The summed E-state index contributed by atoms with van der Waals surface area (Å²) in [6.07, 6.45) is 0. The number of rotatable bonds is 3. The molecule has 0 unspecified atom stereocenters. The maximum Gasteiger partial charge on any atom is 0.267 e. The van der Waals surface area contributed by atoms with Crippen molar-refractivity contribution in [1.82, 2.24) is 10.2 Å². The van der Waals surface area contributed by atoms with Crippen LogP contribution in [0.3, 0.4) is 0 Å². The highest BCUT2D eigenvalue weighted by Crippen LogP contribution is 2.31. The van der Waals surface area contributed by atoms with Gasteiger partial charge in [0.2, 0.25) is 5.13 Å². The van der Waals surface area contributed by atoms with Gasteiger partial charge in [-0.3, -0.25) is 10.1 Å². The van der Waals surface area contributed by atoms with Crippen molar-refractivity contribution in [2.24, 2.45) is 0 Å². The molecule has 0 aliphatic rings. The summed E-state index contributed by atoms with van der Waals surface area (Å²) in [6.45, 7) is 0. The Balaban J connectivity index is 1.81. The van der Waals surface area contributed by atoms with Crippen LogP contribution < -0.4 is 5.32 Å². The topological polar surface area (TPSA) is 54.9 Å². The van der Waals surface area contributed by atoms with E-state index in [1.165, 1.54) is 22.7 Å². The predicted octanol–water partition coefficient (Wildman–Crippen LogP) is 4.17. The van der Waals surface area contributed by atoms with Gasteiger partial charge in [0, 0.05) is 5.56 Å². The molecule has 0 aliphatic heterocycles. The molecule has 1 N–H and O–H groups in total. The standard InChI is InChI=1S/C13H8ClN3OS2/c14-9-5-2-1-4-8(9)12-16-17-13(20-12)15-11(18)10-6-3-7-19-10/h1-7H,(H,15,17,18). The molecule has 0 radical (unpaired) electrons. The molecule has 0 fully saturated rings. The van der Waals surface area contributed by atoms with Gasteiger partial charge in [0.15, 0.2) is 5.01 Å². The number of benzene rings is 1. The number of nitrogens with one attached hydrogen (secondary N) is 1. The van der Waals surface area contributed by atoms with E-state index in [0.29, 0.717) is 20.0 Å². The number of amides is 1. The van der Waals surface area contributed by atoms with Crippen LogP contribution in [0, 0.1) is 0 Å². The fourth-order valence-corrected chi connectivity index (χ4v) is 3.26. The average molecular weight is 322 g/mol. The van der Waals surface area contributed by atoms with Crippen molar-refractivity contribution in [2.45, 2.75) is 0 Å². The highest BCUT2D eigenvalue weighted by atomic mass is 35.5. The Morgan fingerprint density at radius 1 is 1.15 bits per heavy atom. The van der Waals surface area contributed by atoms with E-state index in [0.717, 1.165) is 5.56 Å². The lowest BCUT2D eigenvalue weighted by atomic mass is 10.2. The van der Waals surface area contributed by atoms with Gasteiger partial charge >= 0.3 is 0 Å². The highest BCUT2D eigenvalue weighted by molar-refractivity contribution is 7.18. The van der Waals surface area contributed by atoms with Gasteiger partial charge in [-0.05, 0) is 17.5 Å². The lowest BCUT2D eigenvalue weighted by molar-refractivity contribution is 0.103. The Morgan fingerprint density at radius 3 is 2.75 bits per heavy atom. The SMILES string of the molecule is O=C(Nc1nnc(-c2ccccc2Cl)s1)c1cccs1. The van der Waals surface area contributed by atoms with E-state index in [9.17, 15) is 4.79 Å². The van der Waals surface area contributed by atoms with Crippen molar-refractivity contribution in [3.8, 4) is 10.6 Å². The molecule has 0 atom stereocenters. The van der Waals surface area contributed by atoms with Gasteiger partial charge in [0.05, 0.1) is 9.90 Å². The van der Waals surface area contributed by atoms with E-state index in [2.05, 4.69) is 15.5 Å². The van der Waals surface area contributed by atoms with Crippen molar-refractivity contribution in [2.75, 3.05) is 5.32 Å². The number of carbonyl (C=O) groups excluding carboxylic acids is 1. The molecule has 20 heavy (non-hydrogen) atoms. The highest BCUT2D eigenvalue weighted by Gasteiger charge is 2.13. The third-order valence-electron chi connectivity index (χ3n) is 2.49. The van der Waals surface area contributed by atoms with Crippen LogP contribution in [0.4, 0.5) is 5.13 Å². The van der Waals surface area contributed by atoms with Crippen molar-refractivity contribution < 1.29 is 4.79 Å².